The molecule has 1 aliphatic rings. The number of ether oxygens (including phenoxy) is 2. The van der Waals surface area contributed by atoms with Crippen LogP contribution in [0, 0.1) is 5.92 Å². The minimum Gasteiger partial charge on any atom is -0.494 e. The van der Waals surface area contributed by atoms with Crippen LogP contribution in [-0.4, -0.2) is 33.1 Å². The molecule has 0 bridgehead atoms. The van der Waals surface area contributed by atoms with E-state index in [9.17, 15) is 4.79 Å². The number of rotatable bonds is 10. The maximum atomic E-state index is 13.4. The smallest absolute Gasteiger partial charge is 0.338 e. The molecular formula is C27H32N4O3S. The number of carbonyl (C=O) groups excluding carboxylic acids is 1. The molecule has 0 fully saturated rings. The number of aromatic nitrogens is 3. The molecule has 35 heavy (non-hydrogen) atoms. The number of thioether (sulfide) groups is 1. The summed E-state index contributed by atoms with van der Waals surface area (Å²) in [6.45, 7) is 9.16. The predicted octanol–water partition coefficient (Wildman–Crippen LogP) is 5.85. The fourth-order valence-corrected chi connectivity index (χ4v) is 4.41. The summed E-state index contributed by atoms with van der Waals surface area (Å²) in [7, 11) is 0. The lowest BCUT2D eigenvalue weighted by Gasteiger charge is -2.28. The molecule has 3 aromatic rings. The van der Waals surface area contributed by atoms with Crippen LogP contribution in [0.5, 0.6) is 5.75 Å². The van der Waals surface area contributed by atoms with E-state index >= 15 is 0 Å². The van der Waals surface area contributed by atoms with E-state index in [1.54, 1.807) is 16.4 Å². The fraction of sp³-hybridized carbons (Fsp3) is 0.370. The highest BCUT2D eigenvalue weighted by Gasteiger charge is 2.35. The molecule has 0 aliphatic carbocycles. The average Bonchev–Trinajstić information content (AvgIpc) is 3.24. The van der Waals surface area contributed by atoms with E-state index in [0.717, 1.165) is 29.1 Å². The van der Waals surface area contributed by atoms with Crippen LogP contribution < -0.4 is 10.1 Å². The summed E-state index contributed by atoms with van der Waals surface area (Å²) in [5.41, 5.74) is 3.07. The first-order valence-electron chi connectivity index (χ1n) is 12.0. The van der Waals surface area contributed by atoms with Crippen molar-refractivity contribution in [2.45, 2.75) is 51.9 Å². The molecule has 2 aromatic carbocycles. The zero-order valence-electron chi connectivity index (χ0n) is 20.7. The number of nitrogens with one attached hydrogen (secondary N) is 1. The lowest BCUT2D eigenvalue weighted by Crippen LogP contribution is -2.29. The molecule has 184 valence electrons. The van der Waals surface area contributed by atoms with Crippen molar-refractivity contribution in [3.63, 3.8) is 0 Å². The Morgan fingerprint density at radius 1 is 1.14 bits per heavy atom. The van der Waals surface area contributed by atoms with Gasteiger partial charge in [-0.15, -0.1) is 5.10 Å². The summed E-state index contributed by atoms with van der Waals surface area (Å²) in [5, 5.41) is 8.62. The topological polar surface area (TPSA) is 78.3 Å². The summed E-state index contributed by atoms with van der Waals surface area (Å²) >= 11 is 1.56. The summed E-state index contributed by atoms with van der Waals surface area (Å²) in [4.78, 5) is 18.0. The first-order valence-corrected chi connectivity index (χ1v) is 13.0. The van der Waals surface area contributed by atoms with Crippen molar-refractivity contribution in [1.29, 1.82) is 0 Å². The zero-order chi connectivity index (χ0) is 24.8. The van der Waals surface area contributed by atoms with Crippen molar-refractivity contribution < 1.29 is 14.3 Å². The van der Waals surface area contributed by atoms with Crippen LogP contribution >= 0.6 is 11.8 Å². The van der Waals surface area contributed by atoms with Gasteiger partial charge in [-0.05, 0) is 48.3 Å². The number of allylic oxidation sites excluding steroid dienone is 1. The Kier molecular flexibility index (Phi) is 8.13. The van der Waals surface area contributed by atoms with Gasteiger partial charge in [-0.3, -0.25) is 0 Å². The van der Waals surface area contributed by atoms with Crippen LogP contribution in [0.3, 0.4) is 0 Å². The Morgan fingerprint density at radius 3 is 2.57 bits per heavy atom. The molecule has 1 N–H and O–H groups in total. The second-order valence-electron chi connectivity index (χ2n) is 8.82. The monoisotopic (exact) mass is 492 g/mol. The molecule has 8 heteroatoms. The molecule has 7 nitrogen and oxygen atoms in total. The summed E-state index contributed by atoms with van der Waals surface area (Å²) in [6.07, 6.45) is 0.996. The van der Waals surface area contributed by atoms with Crippen molar-refractivity contribution in [1.82, 2.24) is 14.8 Å². The largest absolute Gasteiger partial charge is 0.494 e. The number of hydrogen-bond donors (Lipinski definition) is 1. The Bertz CT molecular complexity index is 1170. The van der Waals surface area contributed by atoms with Crippen molar-refractivity contribution in [2.75, 3.05) is 17.7 Å². The number of fused-ring (bicyclic) bond motifs is 1. The number of esters is 1. The molecule has 0 amide bonds. The molecule has 0 saturated heterocycles. The van der Waals surface area contributed by atoms with Gasteiger partial charge in [0.25, 0.3) is 0 Å². The average molecular weight is 493 g/mol. The second kappa shape index (κ2) is 11.4. The van der Waals surface area contributed by atoms with E-state index in [-0.39, 0.29) is 12.6 Å². The summed E-state index contributed by atoms with van der Waals surface area (Å²) in [6, 6.07) is 17.1. The molecule has 1 unspecified atom stereocenters. The van der Waals surface area contributed by atoms with Gasteiger partial charge >= 0.3 is 5.97 Å². The molecule has 1 aromatic heterocycles. The number of anilines is 1. The SMILES string of the molecule is CCSc1nc2n(n1)C(c1ccc(OCCC(C)C)cc1)C(C(=O)OCc1ccccc1)=C(C)N2. The fourth-order valence-electron chi connectivity index (χ4n) is 3.85. The van der Waals surface area contributed by atoms with Crippen LogP contribution in [-0.2, 0) is 16.1 Å². The lowest BCUT2D eigenvalue weighted by atomic mass is 9.95. The third-order valence-corrected chi connectivity index (χ3v) is 6.42. The molecule has 0 radical (unpaired) electrons. The highest BCUT2D eigenvalue weighted by molar-refractivity contribution is 7.99. The highest BCUT2D eigenvalue weighted by atomic mass is 32.2. The number of carbonyl (C=O) groups is 1. The lowest BCUT2D eigenvalue weighted by molar-refractivity contribution is -0.140. The maximum Gasteiger partial charge on any atom is 0.338 e. The zero-order valence-corrected chi connectivity index (χ0v) is 21.5. The quantitative estimate of drug-likeness (QED) is 0.281. The predicted molar refractivity (Wildman–Crippen MR) is 139 cm³/mol. The van der Waals surface area contributed by atoms with Crippen LogP contribution in [0.15, 0.2) is 71.0 Å². The van der Waals surface area contributed by atoms with Gasteiger partial charge in [-0.1, -0.05) is 75.0 Å². The van der Waals surface area contributed by atoms with Crippen LogP contribution in [0.2, 0.25) is 0 Å². The molecule has 0 saturated carbocycles. The van der Waals surface area contributed by atoms with Gasteiger partial charge in [0.15, 0.2) is 0 Å². The molecular weight excluding hydrogens is 460 g/mol. The van der Waals surface area contributed by atoms with Gasteiger partial charge in [0.1, 0.15) is 18.4 Å². The van der Waals surface area contributed by atoms with E-state index in [1.807, 2.05) is 61.5 Å². The molecule has 4 rings (SSSR count). The minimum atomic E-state index is -0.460. The van der Waals surface area contributed by atoms with Gasteiger partial charge in [0, 0.05) is 5.70 Å². The highest BCUT2D eigenvalue weighted by Crippen LogP contribution is 2.37. The van der Waals surface area contributed by atoms with Crippen molar-refractivity contribution in [3.8, 4) is 5.75 Å². The third kappa shape index (κ3) is 6.06. The molecule has 2 heterocycles. The van der Waals surface area contributed by atoms with Gasteiger partial charge in [0.2, 0.25) is 11.1 Å². The Labute approximate surface area is 210 Å². The normalized spacial score (nSPS) is 15.1. The van der Waals surface area contributed by atoms with Gasteiger partial charge in [0.05, 0.1) is 12.2 Å². The Balaban J connectivity index is 1.62. The van der Waals surface area contributed by atoms with Gasteiger partial charge < -0.3 is 14.8 Å². The molecule has 1 aliphatic heterocycles. The second-order valence-corrected chi connectivity index (χ2v) is 10.1. The first-order chi connectivity index (χ1) is 17.0. The number of hydrogen-bond acceptors (Lipinski definition) is 7. The van der Waals surface area contributed by atoms with E-state index in [4.69, 9.17) is 14.6 Å². The van der Waals surface area contributed by atoms with Gasteiger partial charge in [-0.25, -0.2) is 9.48 Å². The van der Waals surface area contributed by atoms with E-state index in [1.165, 1.54) is 0 Å². The maximum absolute atomic E-state index is 13.4. The third-order valence-electron chi connectivity index (χ3n) is 5.70. The van der Waals surface area contributed by atoms with Crippen LogP contribution in [0.25, 0.3) is 0 Å². The summed E-state index contributed by atoms with van der Waals surface area (Å²) < 4.78 is 13.4. The van der Waals surface area contributed by atoms with Crippen LogP contribution in [0.4, 0.5) is 5.95 Å². The first kappa shape index (κ1) is 24.9. The number of benzene rings is 2. The Morgan fingerprint density at radius 2 is 1.89 bits per heavy atom. The Hall–Kier alpha value is -3.26. The molecule has 1 atom stereocenters. The van der Waals surface area contributed by atoms with Gasteiger partial charge in [-0.2, -0.15) is 4.98 Å². The summed E-state index contributed by atoms with van der Waals surface area (Å²) in [5.74, 6) is 2.47. The van der Waals surface area contributed by atoms with E-state index in [0.29, 0.717) is 34.9 Å². The molecule has 0 spiro atoms. The van der Waals surface area contributed by atoms with Crippen molar-refractivity contribution in [3.05, 3.63) is 77.0 Å². The standard InChI is InChI=1S/C27H32N4O3S/c1-5-35-27-29-26-28-19(4)23(25(32)34-17-20-9-7-6-8-10-20)24(31(26)30-27)21-11-13-22(14-12-21)33-16-15-18(2)3/h6-14,18,24H,5,15-17H2,1-4H3,(H,28,29,30). The van der Waals surface area contributed by atoms with E-state index < -0.39 is 6.04 Å². The van der Waals surface area contributed by atoms with Crippen LogP contribution in [0.1, 0.15) is 51.3 Å². The van der Waals surface area contributed by atoms with E-state index in [2.05, 4.69) is 31.1 Å². The number of nitrogens with zero attached hydrogens (tertiary/aromatic N) is 3. The van der Waals surface area contributed by atoms with Crippen molar-refractivity contribution in [2.24, 2.45) is 5.92 Å². The minimum absolute atomic E-state index is 0.201. The van der Waals surface area contributed by atoms with Crippen molar-refractivity contribution >= 4 is 23.7 Å².